The van der Waals surface area contributed by atoms with Gasteiger partial charge in [0.05, 0.1) is 0 Å². The zero-order chi connectivity index (χ0) is 35.8. The fraction of sp³-hybridized carbons (Fsp3) is 0.854. The summed E-state index contributed by atoms with van der Waals surface area (Å²) in [4.78, 5) is 12.0. The number of ether oxygens (including phenoxy) is 1. The summed E-state index contributed by atoms with van der Waals surface area (Å²) in [5.74, 6) is 1.02. The summed E-state index contributed by atoms with van der Waals surface area (Å²) in [7, 11) is 0. The van der Waals surface area contributed by atoms with Crippen LogP contribution in [0.25, 0.3) is 0 Å². The third-order valence-corrected chi connectivity index (χ3v) is 10.9. The summed E-state index contributed by atoms with van der Waals surface area (Å²) in [5, 5.41) is 0. The maximum absolute atomic E-state index is 12.0. The quantitative estimate of drug-likeness (QED) is 0.0362. The minimum atomic E-state index is 0.00239. The first-order valence-electron chi connectivity index (χ1n) is 23.0. The fourth-order valence-electron chi connectivity index (χ4n) is 7.41. The molecule has 0 aromatic rings. The molecule has 1 aliphatic heterocycles. The van der Waals surface area contributed by atoms with Crippen LogP contribution in [0.15, 0.2) is 36.1 Å². The Balaban J connectivity index is 1.83. The second-order valence-electron chi connectivity index (χ2n) is 15.9. The molecule has 292 valence electrons. The second-order valence-corrected chi connectivity index (χ2v) is 15.9. The Kier molecular flexibility index (Phi) is 36.4. The van der Waals surface area contributed by atoms with Gasteiger partial charge in [0.1, 0.15) is 11.7 Å². The molecule has 1 fully saturated rings. The molecule has 2 heteroatoms. The van der Waals surface area contributed by atoms with Crippen molar-refractivity contribution in [2.24, 2.45) is 5.92 Å². The van der Waals surface area contributed by atoms with Crippen LogP contribution in [0.4, 0.5) is 0 Å². The first-order chi connectivity index (χ1) is 24.8. The summed E-state index contributed by atoms with van der Waals surface area (Å²) < 4.78 is 5.39. The Morgan fingerprint density at radius 2 is 0.660 bits per heavy atom. The lowest BCUT2D eigenvalue weighted by Gasteiger charge is -2.28. The number of rotatable bonds is 40. The number of esters is 1. The molecule has 1 unspecified atom stereocenters. The molecule has 0 aromatic heterocycles. The van der Waals surface area contributed by atoms with E-state index in [4.69, 9.17) is 4.74 Å². The minimum Gasteiger partial charge on any atom is -0.430 e. The van der Waals surface area contributed by atoms with Crippen LogP contribution in [-0.2, 0) is 9.53 Å². The Hall–Kier alpha value is -1.31. The Morgan fingerprint density at radius 3 is 1.00 bits per heavy atom. The molecule has 1 saturated heterocycles. The normalized spacial score (nSPS) is 15.5. The molecular weight excluding hydrogens is 609 g/mol. The standard InChI is InChI=1S/C48H88O2/c1-3-5-7-9-11-13-15-17-19-21-23-25-27-29-31-33-35-37-39-41-43-45-47-46(48(49)50-47)44-42-40-38-36-34-32-30-28-26-24-22-20-18-16-14-12-10-8-6-4-2/h31-34,45-46H,3-30,35-44H2,1-2H3/b33-31+,34-32+,47-45+. The lowest BCUT2D eigenvalue weighted by molar-refractivity contribution is -0.157. The van der Waals surface area contributed by atoms with Crippen molar-refractivity contribution in [2.45, 2.75) is 258 Å². The number of carbonyl (C=O) groups excluding carboxylic acids is 1. The lowest BCUT2D eigenvalue weighted by Crippen LogP contribution is -2.32. The highest BCUT2D eigenvalue weighted by atomic mass is 16.6. The first kappa shape index (κ1) is 46.7. The van der Waals surface area contributed by atoms with Gasteiger partial charge in [-0.2, -0.15) is 0 Å². The monoisotopic (exact) mass is 697 g/mol. The average Bonchev–Trinajstić information content (AvgIpc) is 3.12. The maximum atomic E-state index is 12.0. The summed E-state index contributed by atoms with van der Waals surface area (Å²) >= 11 is 0. The number of unbranched alkanes of at least 4 members (excludes halogenated alkanes) is 33. The minimum absolute atomic E-state index is 0.00239. The molecule has 0 N–H and O–H groups in total. The molecule has 50 heavy (non-hydrogen) atoms. The van der Waals surface area contributed by atoms with Crippen molar-refractivity contribution < 1.29 is 9.53 Å². The predicted molar refractivity (Wildman–Crippen MR) is 223 cm³/mol. The van der Waals surface area contributed by atoms with E-state index in [9.17, 15) is 4.79 Å². The average molecular weight is 697 g/mol. The molecule has 0 saturated carbocycles. The van der Waals surface area contributed by atoms with Crippen molar-refractivity contribution in [2.75, 3.05) is 0 Å². The van der Waals surface area contributed by atoms with E-state index in [1.165, 1.54) is 225 Å². The van der Waals surface area contributed by atoms with E-state index in [1.807, 2.05) is 0 Å². The van der Waals surface area contributed by atoms with Gasteiger partial charge in [-0.25, -0.2) is 0 Å². The highest BCUT2D eigenvalue weighted by molar-refractivity contribution is 5.82. The number of hydrogen-bond donors (Lipinski definition) is 0. The maximum Gasteiger partial charge on any atom is 0.321 e. The molecule has 0 radical (unpaired) electrons. The highest BCUT2D eigenvalue weighted by Gasteiger charge is 2.36. The molecule has 1 aliphatic rings. The number of carbonyl (C=O) groups is 1. The van der Waals surface area contributed by atoms with Gasteiger partial charge in [-0.15, -0.1) is 0 Å². The van der Waals surface area contributed by atoms with E-state index in [-0.39, 0.29) is 11.9 Å². The van der Waals surface area contributed by atoms with Crippen LogP contribution in [-0.4, -0.2) is 5.97 Å². The third-order valence-electron chi connectivity index (χ3n) is 10.9. The molecule has 1 atom stereocenters. The van der Waals surface area contributed by atoms with Crippen molar-refractivity contribution in [3.05, 3.63) is 36.1 Å². The number of hydrogen-bond acceptors (Lipinski definition) is 2. The lowest BCUT2D eigenvalue weighted by atomic mass is 9.93. The van der Waals surface area contributed by atoms with Gasteiger partial charge in [-0.3, -0.25) is 4.79 Å². The van der Waals surface area contributed by atoms with Gasteiger partial charge in [0, 0.05) is 0 Å². The second kappa shape index (κ2) is 38.9. The van der Waals surface area contributed by atoms with E-state index in [0.29, 0.717) is 0 Å². The molecule has 0 spiro atoms. The number of allylic oxidation sites excluding steroid dienone is 5. The summed E-state index contributed by atoms with van der Waals surface area (Å²) in [5.41, 5.74) is 0. The van der Waals surface area contributed by atoms with Crippen molar-refractivity contribution >= 4 is 5.97 Å². The molecule has 0 bridgehead atoms. The molecule has 2 nitrogen and oxygen atoms in total. The summed E-state index contributed by atoms with van der Waals surface area (Å²) in [6, 6.07) is 0. The Labute approximate surface area is 314 Å². The van der Waals surface area contributed by atoms with Crippen molar-refractivity contribution in [1.29, 1.82) is 0 Å². The van der Waals surface area contributed by atoms with Crippen LogP contribution in [0.3, 0.4) is 0 Å². The van der Waals surface area contributed by atoms with Gasteiger partial charge >= 0.3 is 5.97 Å². The topological polar surface area (TPSA) is 26.3 Å². The van der Waals surface area contributed by atoms with Gasteiger partial charge in [-0.1, -0.05) is 212 Å². The molecule has 1 rings (SSSR count). The molecule has 1 heterocycles. The molecule has 0 amide bonds. The Morgan fingerprint density at radius 1 is 0.380 bits per heavy atom. The van der Waals surface area contributed by atoms with E-state index in [2.05, 4.69) is 44.2 Å². The molecule has 0 aliphatic carbocycles. The van der Waals surface area contributed by atoms with Crippen LogP contribution in [0.1, 0.15) is 258 Å². The highest BCUT2D eigenvalue weighted by Crippen LogP contribution is 2.32. The van der Waals surface area contributed by atoms with Gasteiger partial charge < -0.3 is 4.74 Å². The SMILES string of the molecule is CCCCCCCCCCCCCCC/C=C/CCCCC/C=C1/OC(=O)C1CCCCC/C=C/CCCCCCCCCCCCCCC. The van der Waals surface area contributed by atoms with Crippen LogP contribution < -0.4 is 0 Å². The zero-order valence-corrected chi connectivity index (χ0v) is 34.2. The third kappa shape index (κ3) is 31.4. The smallest absolute Gasteiger partial charge is 0.321 e. The predicted octanol–water partition coefficient (Wildman–Crippen LogP) is 17.0. The van der Waals surface area contributed by atoms with Gasteiger partial charge in [0.2, 0.25) is 0 Å². The molecule has 0 aromatic carbocycles. The largest absolute Gasteiger partial charge is 0.430 e. The Bertz CT molecular complexity index is 792. The van der Waals surface area contributed by atoms with E-state index in [0.717, 1.165) is 25.0 Å². The van der Waals surface area contributed by atoms with E-state index >= 15 is 0 Å². The van der Waals surface area contributed by atoms with Crippen LogP contribution in [0, 0.1) is 5.92 Å². The van der Waals surface area contributed by atoms with Gasteiger partial charge in [0.15, 0.2) is 0 Å². The van der Waals surface area contributed by atoms with Crippen molar-refractivity contribution in [1.82, 2.24) is 0 Å². The van der Waals surface area contributed by atoms with Crippen molar-refractivity contribution in [3.63, 3.8) is 0 Å². The van der Waals surface area contributed by atoms with Gasteiger partial charge in [0.25, 0.3) is 0 Å². The summed E-state index contributed by atoms with van der Waals surface area (Å²) in [6.45, 7) is 4.59. The zero-order valence-electron chi connectivity index (χ0n) is 34.2. The van der Waals surface area contributed by atoms with Crippen molar-refractivity contribution in [3.8, 4) is 0 Å². The van der Waals surface area contributed by atoms with Crippen LogP contribution in [0.5, 0.6) is 0 Å². The van der Waals surface area contributed by atoms with Crippen LogP contribution in [0.2, 0.25) is 0 Å². The first-order valence-corrected chi connectivity index (χ1v) is 23.0. The van der Waals surface area contributed by atoms with Crippen LogP contribution >= 0.6 is 0 Å². The van der Waals surface area contributed by atoms with Gasteiger partial charge in [-0.05, 0) is 76.7 Å². The summed E-state index contributed by atoms with van der Waals surface area (Å²) in [6.07, 6.45) is 63.2. The number of cyclic esters (lactones) is 1. The van der Waals surface area contributed by atoms with E-state index < -0.39 is 0 Å². The molecular formula is C48H88O2. The fourth-order valence-corrected chi connectivity index (χ4v) is 7.41. The van der Waals surface area contributed by atoms with E-state index in [1.54, 1.807) is 0 Å².